The van der Waals surface area contributed by atoms with E-state index in [4.69, 9.17) is 0 Å². The molecule has 0 aliphatic heterocycles. The van der Waals surface area contributed by atoms with Crippen LogP contribution in [0, 0.1) is 0 Å². The first-order valence-electron chi connectivity index (χ1n) is 8.15. The summed E-state index contributed by atoms with van der Waals surface area (Å²) in [6, 6.07) is 13.0. The molecule has 5 nitrogen and oxygen atoms in total. The van der Waals surface area contributed by atoms with Gasteiger partial charge < -0.3 is 5.32 Å². The Labute approximate surface area is 135 Å². The fourth-order valence-electron chi connectivity index (χ4n) is 2.98. The largest absolute Gasteiger partial charge is 0.352 e. The van der Waals surface area contributed by atoms with Gasteiger partial charge in [-0.3, -0.25) is 9.59 Å². The molecular formula is C18H21N3O2. The molecule has 0 atom stereocenters. The molecule has 1 aliphatic carbocycles. The van der Waals surface area contributed by atoms with E-state index in [-0.39, 0.29) is 24.1 Å². The molecule has 23 heavy (non-hydrogen) atoms. The third-order valence-electron chi connectivity index (χ3n) is 4.20. The molecule has 0 radical (unpaired) electrons. The molecule has 120 valence electrons. The van der Waals surface area contributed by atoms with E-state index in [0.717, 1.165) is 31.2 Å². The van der Waals surface area contributed by atoms with Gasteiger partial charge in [-0.25, -0.2) is 4.68 Å². The standard InChI is InChI=1S/C18H21N3O2/c22-17(19-15-9-5-2-6-10-15)13-21-18(23)12-11-16(20-21)14-7-3-1-4-8-14/h1,3-4,7-8,11-12,15H,2,5-6,9-10,13H2,(H,19,22). The van der Waals surface area contributed by atoms with E-state index in [1.165, 1.54) is 17.2 Å². The second-order valence-corrected chi connectivity index (χ2v) is 5.98. The number of rotatable bonds is 4. The number of nitrogens with zero attached hydrogens (tertiary/aromatic N) is 2. The zero-order chi connectivity index (χ0) is 16.1. The van der Waals surface area contributed by atoms with Gasteiger partial charge in [-0.15, -0.1) is 0 Å². The van der Waals surface area contributed by atoms with Gasteiger partial charge in [0.2, 0.25) is 5.91 Å². The molecule has 2 aromatic rings. The SMILES string of the molecule is O=C(Cn1nc(-c2ccccc2)ccc1=O)NC1CCCCC1. The summed E-state index contributed by atoms with van der Waals surface area (Å²) in [6.45, 7) is -0.0317. The Morgan fingerprint density at radius 2 is 1.83 bits per heavy atom. The Morgan fingerprint density at radius 1 is 1.09 bits per heavy atom. The van der Waals surface area contributed by atoms with Crippen LogP contribution >= 0.6 is 0 Å². The third-order valence-corrected chi connectivity index (χ3v) is 4.20. The van der Waals surface area contributed by atoms with Crippen molar-refractivity contribution in [1.82, 2.24) is 15.1 Å². The Morgan fingerprint density at radius 3 is 2.57 bits per heavy atom. The van der Waals surface area contributed by atoms with Crippen LogP contribution in [0.25, 0.3) is 11.3 Å². The monoisotopic (exact) mass is 311 g/mol. The topological polar surface area (TPSA) is 64.0 Å². The summed E-state index contributed by atoms with van der Waals surface area (Å²) in [4.78, 5) is 24.1. The molecule has 0 saturated heterocycles. The average Bonchev–Trinajstić information content (AvgIpc) is 2.58. The molecule has 1 aromatic carbocycles. The van der Waals surface area contributed by atoms with Gasteiger partial charge in [0, 0.05) is 17.7 Å². The van der Waals surface area contributed by atoms with Crippen molar-refractivity contribution < 1.29 is 4.79 Å². The van der Waals surface area contributed by atoms with Gasteiger partial charge >= 0.3 is 0 Å². The highest BCUT2D eigenvalue weighted by molar-refractivity contribution is 5.76. The minimum atomic E-state index is -0.261. The van der Waals surface area contributed by atoms with Crippen molar-refractivity contribution >= 4 is 5.91 Å². The lowest BCUT2D eigenvalue weighted by atomic mass is 9.95. The van der Waals surface area contributed by atoms with Crippen molar-refractivity contribution in [3.63, 3.8) is 0 Å². The highest BCUT2D eigenvalue weighted by atomic mass is 16.2. The van der Waals surface area contributed by atoms with E-state index in [9.17, 15) is 9.59 Å². The van der Waals surface area contributed by atoms with Crippen LogP contribution in [0.15, 0.2) is 47.3 Å². The quantitative estimate of drug-likeness (QED) is 0.943. The van der Waals surface area contributed by atoms with E-state index in [1.54, 1.807) is 6.07 Å². The molecule has 0 bridgehead atoms. The molecule has 1 amide bonds. The van der Waals surface area contributed by atoms with E-state index in [0.29, 0.717) is 5.69 Å². The number of amides is 1. The Hall–Kier alpha value is -2.43. The van der Waals surface area contributed by atoms with Crippen LogP contribution in [0.5, 0.6) is 0 Å². The summed E-state index contributed by atoms with van der Waals surface area (Å²) >= 11 is 0. The molecule has 1 aromatic heterocycles. The highest BCUT2D eigenvalue weighted by Gasteiger charge is 2.16. The Bertz CT molecular complexity index is 719. The van der Waals surface area contributed by atoms with Crippen molar-refractivity contribution in [1.29, 1.82) is 0 Å². The maximum absolute atomic E-state index is 12.2. The predicted octanol–water partition coefficient (Wildman–Crippen LogP) is 2.36. The Kier molecular flexibility index (Phi) is 4.86. The zero-order valence-electron chi connectivity index (χ0n) is 13.1. The zero-order valence-corrected chi connectivity index (χ0v) is 13.1. The van der Waals surface area contributed by atoms with Gasteiger partial charge in [0.05, 0.1) is 5.69 Å². The fourth-order valence-corrected chi connectivity index (χ4v) is 2.98. The minimum absolute atomic E-state index is 0.0317. The minimum Gasteiger partial charge on any atom is -0.352 e. The number of hydrogen-bond donors (Lipinski definition) is 1. The fraction of sp³-hybridized carbons (Fsp3) is 0.389. The lowest BCUT2D eigenvalue weighted by molar-refractivity contribution is -0.122. The van der Waals surface area contributed by atoms with Crippen molar-refractivity contribution in [2.45, 2.75) is 44.7 Å². The summed E-state index contributed by atoms with van der Waals surface area (Å²) in [5.74, 6) is -0.142. The first-order chi connectivity index (χ1) is 11.2. The highest BCUT2D eigenvalue weighted by Crippen LogP contribution is 2.17. The second kappa shape index (κ2) is 7.22. The van der Waals surface area contributed by atoms with Crippen LogP contribution < -0.4 is 10.9 Å². The van der Waals surface area contributed by atoms with Gasteiger partial charge in [0.25, 0.3) is 5.56 Å². The van der Waals surface area contributed by atoms with Gasteiger partial charge in [0.1, 0.15) is 6.54 Å². The van der Waals surface area contributed by atoms with Crippen LogP contribution in [0.3, 0.4) is 0 Å². The van der Waals surface area contributed by atoms with Gasteiger partial charge in [-0.05, 0) is 18.9 Å². The number of aromatic nitrogens is 2. The first kappa shape index (κ1) is 15.5. The first-order valence-corrected chi connectivity index (χ1v) is 8.15. The molecule has 1 aliphatic rings. The summed E-state index contributed by atoms with van der Waals surface area (Å²) in [5.41, 5.74) is 1.35. The number of carbonyl (C=O) groups excluding carboxylic acids is 1. The molecule has 1 fully saturated rings. The third kappa shape index (κ3) is 4.06. The van der Waals surface area contributed by atoms with Crippen molar-refractivity contribution in [3.8, 4) is 11.3 Å². The van der Waals surface area contributed by atoms with Gasteiger partial charge in [0.15, 0.2) is 0 Å². The van der Waals surface area contributed by atoms with Crippen molar-refractivity contribution in [3.05, 3.63) is 52.8 Å². The summed E-state index contributed by atoms with van der Waals surface area (Å²) < 4.78 is 1.24. The van der Waals surface area contributed by atoms with Crippen molar-refractivity contribution in [2.75, 3.05) is 0 Å². The predicted molar refractivity (Wildman–Crippen MR) is 88.9 cm³/mol. The van der Waals surface area contributed by atoms with Crippen LogP contribution in [0.1, 0.15) is 32.1 Å². The molecular weight excluding hydrogens is 290 g/mol. The van der Waals surface area contributed by atoms with Crippen LogP contribution in [0.2, 0.25) is 0 Å². The molecule has 0 unspecified atom stereocenters. The summed E-state index contributed by atoms with van der Waals surface area (Å²) in [5, 5.41) is 7.33. The molecule has 1 heterocycles. The summed E-state index contributed by atoms with van der Waals surface area (Å²) in [6.07, 6.45) is 5.61. The molecule has 1 N–H and O–H groups in total. The normalized spacial score (nSPS) is 15.3. The molecule has 0 spiro atoms. The number of hydrogen-bond acceptors (Lipinski definition) is 3. The van der Waals surface area contributed by atoms with Crippen molar-refractivity contribution in [2.24, 2.45) is 0 Å². The van der Waals surface area contributed by atoms with E-state index >= 15 is 0 Å². The number of carbonyl (C=O) groups is 1. The van der Waals surface area contributed by atoms with E-state index < -0.39 is 0 Å². The van der Waals surface area contributed by atoms with Gasteiger partial charge in [-0.2, -0.15) is 5.10 Å². The second-order valence-electron chi connectivity index (χ2n) is 5.98. The van der Waals surface area contributed by atoms with Crippen LogP contribution in [0.4, 0.5) is 0 Å². The lowest BCUT2D eigenvalue weighted by Gasteiger charge is -2.22. The maximum atomic E-state index is 12.2. The van der Waals surface area contributed by atoms with E-state index in [2.05, 4.69) is 10.4 Å². The lowest BCUT2D eigenvalue weighted by Crippen LogP contribution is -2.40. The smallest absolute Gasteiger partial charge is 0.267 e. The van der Waals surface area contributed by atoms with E-state index in [1.807, 2.05) is 30.3 Å². The maximum Gasteiger partial charge on any atom is 0.267 e. The molecule has 5 heteroatoms. The number of nitrogens with one attached hydrogen (secondary N) is 1. The van der Waals surface area contributed by atoms with Crippen LogP contribution in [-0.2, 0) is 11.3 Å². The summed E-state index contributed by atoms with van der Waals surface area (Å²) in [7, 11) is 0. The molecule has 3 rings (SSSR count). The van der Waals surface area contributed by atoms with Gasteiger partial charge in [-0.1, -0.05) is 49.6 Å². The number of benzene rings is 1. The van der Waals surface area contributed by atoms with Crippen LogP contribution in [-0.4, -0.2) is 21.7 Å². The Balaban J connectivity index is 1.72. The molecule has 1 saturated carbocycles. The average molecular weight is 311 g/mol.